The van der Waals surface area contributed by atoms with E-state index in [2.05, 4.69) is 4.98 Å². The summed E-state index contributed by atoms with van der Waals surface area (Å²) in [5.74, 6) is -0.680. The van der Waals surface area contributed by atoms with Gasteiger partial charge < -0.3 is 9.84 Å². The molecule has 1 saturated heterocycles. The summed E-state index contributed by atoms with van der Waals surface area (Å²) in [6.07, 6.45) is 2.45. The van der Waals surface area contributed by atoms with Gasteiger partial charge in [-0.05, 0) is 48.4 Å². The van der Waals surface area contributed by atoms with Crippen molar-refractivity contribution in [2.45, 2.75) is 19.4 Å². The molecule has 31 heavy (non-hydrogen) atoms. The molecule has 1 atom stereocenters. The van der Waals surface area contributed by atoms with Gasteiger partial charge >= 0.3 is 5.91 Å². The molecule has 1 N–H and O–H groups in total. The topological polar surface area (TPSA) is 79.7 Å². The Balaban J connectivity index is 1.82. The summed E-state index contributed by atoms with van der Waals surface area (Å²) in [6, 6.07) is 20.3. The van der Waals surface area contributed by atoms with E-state index >= 15 is 0 Å². The predicted molar refractivity (Wildman–Crippen MR) is 118 cm³/mol. The third-order valence-corrected chi connectivity index (χ3v) is 5.06. The van der Waals surface area contributed by atoms with Crippen molar-refractivity contribution in [2.24, 2.45) is 0 Å². The molecular weight excluding hydrogens is 392 g/mol. The van der Waals surface area contributed by atoms with Gasteiger partial charge in [-0.15, -0.1) is 0 Å². The van der Waals surface area contributed by atoms with E-state index in [1.54, 1.807) is 48.7 Å². The summed E-state index contributed by atoms with van der Waals surface area (Å²) in [7, 11) is 0. The largest absolute Gasteiger partial charge is 0.507 e. The SMILES string of the molecule is CCCOc1ccc(C(O)=C2C(=O)C(=O)N(c3ccccn3)C2c2ccccc2)cc1. The molecule has 1 aromatic heterocycles. The standard InChI is InChI=1S/C25H22N2O4/c1-2-16-31-19-13-11-18(12-14-19)23(28)21-22(17-8-4-3-5-9-17)27(25(30)24(21)29)20-10-6-7-15-26-20/h3-15,22,28H,2,16H2,1H3. The monoisotopic (exact) mass is 414 g/mol. The van der Waals surface area contributed by atoms with Crippen LogP contribution in [0, 0.1) is 0 Å². The van der Waals surface area contributed by atoms with Gasteiger partial charge in [-0.3, -0.25) is 14.5 Å². The average molecular weight is 414 g/mol. The Morgan fingerprint density at radius 2 is 1.71 bits per heavy atom. The minimum atomic E-state index is -0.785. The lowest BCUT2D eigenvalue weighted by Crippen LogP contribution is -2.30. The van der Waals surface area contributed by atoms with Gasteiger partial charge in [0, 0.05) is 11.8 Å². The van der Waals surface area contributed by atoms with Gasteiger partial charge in [0.25, 0.3) is 5.78 Å². The summed E-state index contributed by atoms with van der Waals surface area (Å²) in [4.78, 5) is 31.6. The Hall–Kier alpha value is -3.93. The number of ketones is 1. The normalized spacial score (nSPS) is 17.7. The number of amides is 1. The lowest BCUT2D eigenvalue weighted by molar-refractivity contribution is -0.132. The molecule has 1 aliphatic heterocycles. The Kier molecular flexibility index (Phi) is 5.80. The molecule has 0 saturated carbocycles. The highest BCUT2D eigenvalue weighted by Crippen LogP contribution is 2.41. The lowest BCUT2D eigenvalue weighted by atomic mass is 9.95. The zero-order valence-electron chi connectivity index (χ0n) is 17.1. The van der Waals surface area contributed by atoms with E-state index in [9.17, 15) is 14.7 Å². The van der Waals surface area contributed by atoms with Crippen LogP contribution in [0.4, 0.5) is 5.82 Å². The third kappa shape index (κ3) is 3.92. The number of rotatable bonds is 6. The fraction of sp³-hybridized carbons (Fsp3) is 0.160. The number of hydrogen-bond donors (Lipinski definition) is 1. The van der Waals surface area contributed by atoms with Crippen LogP contribution in [0.5, 0.6) is 5.75 Å². The van der Waals surface area contributed by atoms with Crippen molar-refractivity contribution in [1.29, 1.82) is 0 Å². The first-order valence-corrected chi connectivity index (χ1v) is 10.1. The van der Waals surface area contributed by atoms with Crippen molar-refractivity contribution in [3.05, 3.63) is 95.7 Å². The number of benzene rings is 2. The number of carbonyl (C=O) groups excluding carboxylic acids is 2. The summed E-state index contributed by atoms with van der Waals surface area (Å²) in [5, 5.41) is 11.1. The molecule has 2 heterocycles. The van der Waals surface area contributed by atoms with E-state index < -0.39 is 17.7 Å². The fourth-order valence-electron chi connectivity index (χ4n) is 3.60. The number of Topliss-reactive ketones (excluding diaryl/α,β-unsaturated/α-hetero) is 1. The molecule has 2 aromatic carbocycles. The van der Waals surface area contributed by atoms with Crippen molar-refractivity contribution in [1.82, 2.24) is 4.98 Å². The highest BCUT2D eigenvalue weighted by Gasteiger charge is 2.47. The zero-order chi connectivity index (χ0) is 21.8. The van der Waals surface area contributed by atoms with E-state index in [1.165, 1.54) is 4.90 Å². The first kappa shape index (κ1) is 20.3. The molecule has 4 rings (SSSR count). The maximum absolute atomic E-state index is 13.0. The molecule has 1 aliphatic rings. The number of aliphatic hydroxyl groups excluding tert-OH is 1. The van der Waals surface area contributed by atoms with Gasteiger partial charge in [-0.25, -0.2) is 4.98 Å². The Morgan fingerprint density at radius 3 is 2.35 bits per heavy atom. The molecule has 1 amide bonds. The molecule has 0 bridgehead atoms. The van der Waals surface area contributed by atoms with Crippen LogP contribution in [0.1, 0.15) is 30.5 Å². The number of aliphatic hydroxyl groups is 1. The van der Waals surface area contributed by atoms with Crippen LogP contribution in [0.25, 0.3) is 5.76 Å². The molecule has 6 heteroatoms. The predicted octanol–water partition coefficient (Wildman–Crippen LogP) is 4.50. The van der Waals surface area contributed by atoms with E-state index in [0.29, 0.717) is 29.3 Å². The number of pyridine rings is 1. The van der Waals surface area contributed by atoms with Crippen molar-refractivity contribution < 1.29 is 19.4 Å². The molecule has 156 valence electrons. The maximum Gasteiger partial charge on any atom is 0.301 e. The smallest absolute Gasteiger partial charge is 0.301 e. The first-order chi connectivity index (χ1) is 15.1. The average Bonchev–Trinajstić information content (AvgIpc) is 3.09. The van der Waals surface area contributed by atoms with E-state index in [-0.39, 0.29) is 11.3 Å². The highest BCUT2D eigenvalue weighted by molar-refractivity contribution is 6.51. The second-order valence-corrected chi connectivity index (χ2v) is 7.14. The van der Waals surface area contributed by atoms with Gasteiger partial charge in [0.15, 0.2) is 0 Å². The molecule has 0 radical (unpaired) electrons. The van der Waals surface area contributed by atoms with Crippen LogP contribution in [0.3, 0.4) is 0 Å². The van der Waals surface area contributed by atoms with E-state index in [0.717, 1.165) is 6.42 Å². The van der Waals surface area contributed by atoms with Gasteiger partial charge in [0.05, 0.1) is 18.2 Å². The fourth-order valence-corrected chi connectivity index (χ4v) is 3.60. The third-order valence-electron chi connectivity index (χ3n) is 5.06. The maximum atomic E-state index is 13.0. The number of hydrogen-bond acceptors (Lipinski definition) is 5. The van der Waals surface area contributed by atoms with Gasteiger partial charge in [0.1, 0.15) is 17.3 Å². The first-order valence-electron chi connectivity index (χ1n) is 10.1. The minimum absolute atomic E-state index is 0.0316. The Labute approximate surface area is 180 Å². The van der Waals surface area contributed by atoms with Gasteiger partial charge in [0.2, 0.25) is 0 Å². The Bertz CT molecular complexity index is 1110. The molecular formula is C25H22N2O4. The second-order valence-electron chi connectivity index (χ2n) is 7.14. The second kappa shape index (κ2) is 8.83. The lowest BCUT2D eigenvalue weighted by Gasteiger charge is -2.24. The number of anilines is 1. The van der Waals surface area contributed by atoms with Crippen LogP contribution >= 0.6 is 0 Å². The van der Waals surface area contributed by atoms with Crippen LogP contribution in [-0.2, 0) is 9.59 Å². The molecule has 0 aliphatic carbocycles. The van der Waals surface area contributed by atoms with Crippen LogP contribution in [0.2, 0.25) is 0 Å². The van der Waals surface area contributed by atoms with Crippen molar-refractivity contribution in [3.63, 3.8) is 0 Å². The van der Waals surface area contributed by atoms with Crippen molar-refractivity contribution in [2.75, 3.05) is 11.5 Å². The molecule has 1 fully saturated rings. The summed E-state index contributed by atoms with van der Waals surface area (Å²) < 4.78 is 5.58. The van der Waals surface area contributed by atoms with Gasteiger partial charge in [-0.1, -0.05) is 43.3 Å². The summed E-state index contributed by atoms with van der Waals surface area (Å²) in [5.41, 5.74) is 1.17. The zero-order valence-corrected chi connectivity index (χ0v) is 17.1. The quantitative estimate of drug-likeness (QED) is 0.365. The number of aromatic nitrogens is 1. The van der Waals surface area contributed by atoms with Crippen LogP contribution in [-0.4, -0.2) is 28.4 Å². The molecule has 1 unspecified atom stereocenters. The minimum Gasteiger partial charge on any atom is -0.507 e. The highest BCUT2D eigenvalue weighted by atomic mass is 16.5. The summed E-state index contributed by atoms with van der Waals surface area (Å²) in [6.45, 7) is 2.61. The molecule has 0 spiro atoms. The van der Waals surface area contributed by atoms with Crippen molar-refractivity contribution in [3.8, 4) is 5.75 Å². The summed E-state index contributed by atoms with van der Waals surface area (Å²) >= 11 is 0. The van der Waals surface area contributed by atoms with E-state index in [1.807, 2.05) is 37.3 Å². The van der Waals surface area contributed by atoms with Crippen LogP contribution < -0.4 is 9.64 Å². The number of ether oxygens (including phenoxy) is 1. The van der Waals surface area contributed by atoms with E-state index in [4.69, 9.17) is 4.74 Å². The number of nitrogens with zero attached hydrogens (tertiary/aromatic N) is 2. The molecule has 6 nitrogen and oxygen atoms in total. The van der Waals surface area contributed by atoms with Gasteiger partial charge in [-0.2, -0.15) is 0 Å². The van der Waals surface area contributed by atoms with Crippen LogP contribution in [0.15, 0.2) is 84.6 Å². The molecule has 3 aromatic rings. The van der Waals surface area contributed by atoms with Crippen molar-refractivity contribution >= 4 is 23.3 Å². The Morgan fingerprint density at radius 1 is 1.00 bits per heavy atom. The number of carbonyl (C=O) groups is 2.